The zero-order valence-electron chi connectivity index (χ0n) is 9.04. The van der Waals surface area contributed by atoms with E-state index in [1.165, 1.54) is 0 Å². The number of piperidine rings is 1. The summed E-state index contributed by atoms with van der Waals surface area (Å²) in [6, 6.07) is 0.368. The Bertz CT molecular complexity index is 176. The van der Waals surface area contributed by atoms with Gasteiger partial charge in [-0.2, -0.15) is 8.78 Å². The van der Waals surface area contributed by atoms with E-state index < -0.39 is 6.61 Å². The van der Waals surface area contributed by atoms with E-state index in [2.05, 4.69) is 23.5 Å². The van der Waals surface area contributed by atoms with Crippen LogP contribution in [-0.4, -0.2) is 37.2 Å². The average molecular weight is 207 g/mol. The second kappa shape index (κ2) is 5.03. The standard InChI is InChI=1S/C10H19F2NO/c1-7(2)9-6-8(14-10(11)12)4-5-13(9)3/h7-10H,4-6H2,1-3H3. The van der Waals surface area contributed by atoms with Crippen molar-refractivity contribution in [1.29, 1.82) is 0 Å². The molecule has 14 heavy (non-hydrogen) atoms. The summed E-state index contributed by atoms with van der Waals surface area (Å²) < 4.78 is 28.6. The average Bonchev–Trinajstić information content (AvgIpc) is 2.07. The van der Waals surface area contributed by atoms with Gasteiger partial charge in [-0.15, -0.1) is 0 Å². The molecule has 84 valence electrons. The number of hydrogen-bond acceptors (Lipinski definition) is 2. The molecule has 0 amide bonds. The van der Waals surface area contributed by atoms with Crippen LogP contribution < -0.4 is 0 Å². The lowest BCUT2D eigenvalue weighted by atomic mass is 9.91. The zero-order valence-corrected chi connectivity index (χ0v) is 9.04. The monoisotopic (exact) mass is 207 g/mol. The fourth-order valence-corrected chi connectivity index (χ4v) is 2.13. The molecule has 1 saturated heterocycles. The van der Waals surface area contributed by atoms with Gasteiger partial charge in [-0.05, 0) is 25.8 Å². The normalized spacial score (nSPS) is 30.2. The summed E-state index contributed by atoms with van der Waals surface area (Å²) >= 11 is 0. The highest BCUT2D eigenvalue weighted by molar-refractivity contribution is 4.82. The van der Waals surface area contributed by atoms with E-state index in [9.17, 15) is 8.78 Å². The summed E-state index contributed by atoms with van der Waals surface area (Å²) in [4.78, 5) is 2.23. The van der Waals surface area contributed by atoms with Gasteiger partial charge < -0.3 is 9.64 Å². The largest absolute Gasteiger partial charge is 0.345 e. The molecule has 0 aliphatic carbocycles. The molecular formula is C10H19F2NO. The van der Waals surface area contributed by atoms with Crippen LogP contribution in [0.1, 0.15) is 26.7 Å². The molecule has 2 nitrogen and oxygen atoms in total. The molecule has 1 aliphatic rings. The fourth-order valence-electron chi connectivity index (χ4n) is 2.13. The van der Waals surface area contributed by atoms with Crippen molar-refractivity contribution in [2.24, 2.45) is 5.92 Å². The summed E-state index contributed by atoms with van der Waals surface area (Å²) in [6.45, 7) is 2.45. The summed E-state index contributed by atoms with van der Waals surface area (Å²) in [5, 5.41) is 0. The van der Waals surface area contributed by atoms with E-state index in [0.29, 0.717) is 18.4 Å². The lowest BCUT2D eigenvalue weighted by molar-refractivity contribution is -0.177. The minimum absolute atomic E-state index is 0.265. The van der Waals surface area contributed by atoms with Crippen molar-refractivity contribution >= 4 is 0 Å². The Kier molecular flexibility index (Phi) is 4.26. The highest BCUT2D eigenvalue weighted by Crippen LogP contribution is 2.24. The summed E-state index contributed by atoms with van der Waals surface area (Å²) in [6.07, 6.45) is 1.17. The molecule has 2 unspecified atom stereocenters. The van der Waals surface area contributed by atoms with E-state index in [-0.39, 0.29) is 6.10 Å². The summed E-state index contributed by atoms with van der Waals surface area (Å²) in [5.74, 6) is 0.490. The molecule has 1 aliphatic heterocycles. The molecule has 1 rings (SSSR count). The first-order valence-corrected chi connectivity index (χ1v) is 5.14. The number of rotatable bonds is 3. The lowest BCUT2D eigenvalue weighted by Gasteiger charge is -2.39. The molecule has 2 atom stereocenters. The maximum Gasteiger partial charge on any atom is 0.345 e. The first-order valence-electron chi connectivity index (χ1n) is 5.14. The number of alkyl halides is 2. The second-order valence-electron chi connectivity index (χ2n) is 4.34. The summed E-state index contributed by atoms with van der Waals surface area (Å²) in [5.41, 5.74) is 0. The predicted octanol–water partition coefficient (Wildman–Crippen LogP) is 2.34. The lowest BCUT2D eigenvalue weighted by Crippen LogP contribution is -2.45. The number of ether oxygens (including phenoxy) is 1. The highest BCUT2D eigenvalue weighted by atomic mass is 19.3. The SMILES string of the molecule is CC(C)C1CC(OC(F)F)CCN1C. The molecule has 0 spiro atoms. The number of likely N-dealkylation sites (tertiary alicyclic amines) is 1. The third-order valence-corrected chi connectivity index (χ3v) is 2.94. The van der Waals surface area contributed by atoms with Crippen molar-refractivity contribution in [2.45, 2.75) is 45.4 Å². The first-order chi connectivity index (χ1) is 6.50. The van der Waals surface area contributed by atoms with Crippen LogP contribution in [-0.2, 0) is 4.74 Å². The molecule has 1 heterocycles. The zero-order chi connectivity index (χ0) is 10.7. The summed E-state index contributed by atoms with van der Waals surface area (Å²) in [7, 11) is 2.04. The van der Waals surface area contributed by atoms with Gasteiger partial charge in [0.25, 0.3) is 0 Å². The first kappa shape index (κ1) is 11.9. The van der Waals surface area contributed by atoms with Gasteiger partial charge in [0.05, 0.1) is 6.10 Å². The predicted molar refractivity (Wildman–Crippen MR) is 51.4 cm³/mol. The van der Waals surface area contributed by atoms with Crippen molar-refractivity contribution in [3.05, 3.63) is 0 Å². The maximum absolute atomic E-state index is 12.0. The molecule has 0 aromatic heterocycles. The van der Waals surface area contributed by atoms with Crippen LogP contribution in [0.25, 0.3) is 0 Å². The maximum atomic E-state index is 12.0. The van der Waals surface area contributed by atoms with Crippen LogP contribution in [0.3, 0.4) is 0 Å². The molecule has 1 fully saturated rings. The molecule has 0 bridgehead atoms. The Labute approximate surface area is 84.2 Å². The molecule has 0 N–H and O–H groups in total. The second-order valence-corrected chi connectivity index (χ2v) is 4.34. The molecular weight excluding hydrogens is 188 g/mol. The smallest absolute Gasteiger partial charge is 0.320 e. The highest BCUT2D eigenvalue weighted by Gasteiger charge is 2.29. The van der Waals surface area contributed by atoms with Crippen LogP contribution in [0.4, 0.5) is 8.78 Å². The van der Waals surface area contributed by atoms with Crippen LogP contribution in [0.5, 0.6) is 0 Å². The van der Waals surface area contributed by atoms with E-state index in [4.69, 9.17) is 0 Å². The van der Waals surface area contributed by atoms with Gasteiger partial charge in [0.1, 0.15) is 0 Å². The van der Waals surface area contributed by atoms with Gasteiger partial charge in [-0.1, -0.05) is 13.8 Å². The van der Waals surface area contributed by atoms with Gasteiger partial charge in [0, 0.05) is 12.6 Å². The van der Waals surface area contributed by atoms with Gasteiger partial charge in [-0.3, -0.25) is 0 Å². The third kappa shape index (κ3) is 3.17. The molecule has 0 aromatic carbocycles. The van der Waals surface area contributed by atoms with E-state index in [1.807, 2.05) is 7.05 Å². The number of hydrogen-bond donors (Lipinski definition) is 0. The van der Waals surface area contributed by atoms with E-state index in [0.717, 1.165) is 13.0 Å². The van der Waals surface area contributed by atoms with Crippen molar-refractivity contribution < 1.29 is 13.5 Å². The number of halogens is 2. The molecule has 0 saturated carbocycles. The number of nitrogens with zero attached hydrogens (tertiary/aromatic N) is 1. The van der Waals surface area contributed by atoms with E-state index in [1.54, 1.807) is 0 Å². The van der Waals surface area contributed by atoms with Crippen molar-refractivity contribution in [3.63, 3.8) is 0 Å². The molecule has 0 aromatic rings. The minimum atomic E-state index is -2.63. The van der Waals surface area contributed by atoms with Gasteiger partial charge in [0.15, 0.2) is 0 Å². The minimum Gasteiger partial charge on any atom is -0.320 e. The van der Waals surface area contributed by atoms with Crippen LogP contribution >= 0.6 is 0 Å². The van der Waals surface area contributed by atoms with Crippen LogP contribution in [0.15, 0.2) is 0 Å². The Morgan fingerprint density at radius 2 is 2.00 bits per heavy atom. The Balaban J connectivity index is 2.45. The fraction of sp³-hybridized carbons (Fsp3) is 1.00. The Morgan fingerprint density at radius 3 is 2.50 bits per heavy atom. The van der Waals surface area contributed by atoms with Crippen molar-refractivity contribution in [1.82, 2.24) is 4.90 Å². The van der Waals surface area contributed by atoms with Gasteiger partial charge >= 0.3 is 6.61 Å². The van der Waals surface area contributed by atoms with Gasteiger partial charge in [0.2, 0.25) is 0 Å². The van der Waals surface area contributed by atoms with Crippen LogP contribution in [0, 0.1) is 5.92 Å². The van der Waals surface area contributed by atoms with E-state index >= 15 is 0 Å². The quantitative estimate of drug-likeness (QED) is 0.704. The molecule has 4 heteroatoms. The Hall–Kier alpha value is -0.220. The van der Waals surface area contributed by atoms with Gasteiger partial charge in [-0.25, -0.2) is 0 Å². The van der Waals surface area contributed by atoms with Crippen LogP contribution in [0.2, 0.25) is 0 Å². The molecule has 0 radical (unpaired) electrons. The Morgan fingerprint density at radius 1 is 1.36 bits per heavy atom. The van der Waals surface area contributed by atoms with Crippen molar-refractivity contribution in [2.75, 3.05) is 13.6 Å². The third-order valence-electron chi connectivity index (χ3n) is 2.94. The topological polar surface area (TPSA) is 12.5 Å². The van der Waals surface area contributed by atoms with Crippen molar-refractivity contribution in [3.8, 4) is 0 Å².